The minimum absolute atomic E-state index is 0. The molecule has 0 fully saturated rings. The van der Waals surface area contributed by atoms with E-state index in [2.05, 4.69) is 0 Å². The maximum atomic E-state index is 11.4. The predicted octanol–water partition coefficient (Wildman–Crippen LogP) is 1.97. The third-order valence-corrected chi connectivity index (χ3v) is 4.23. The summed E-state index contributed by atoms with van der Waals surface area (Å²) in [6, 6.07) is 6.63. The van der Waals surface area contributed by atoms with Crippen molar-refractivity contribution >= 4 is 0 Å². The fourth-order valence-electron chi connectivity index (χ4n) is 2.63. The Morgan fingerprint density at radius 2 is 0.970 bits per heavy atom. The normalized spacial score (nSPS) is 13.0. The van der Waals surface area contributed by atoms with Crippen LogP contribution >= 0.6 is 0 Å². The topological polar surface area (TPSA) is 131 Å². The Hall–Kier alpha value is -3.36. The smallest absolute Gasteiger partial charge is 0.605 e. The predicted molar refractivity (Wildman–Crippen MR) is 109 cm³/mol. The molecule has 33 heavy (non-hydrogen) atoms. The first-order valence-electron chi connectivity index (χ1n) is 9.73. The third kappa shape index (κ3) is 7.93. The van der Waals surface area contributed by atoms with Gasteiger partial charge in [0, 0.05) is 0 Å². The summed E-state index contributed by atoms with van der Waals surface area (Å²) in [6.07, 6.45) is 13.8. The van der Waals surface area contributed by atoms with Crippen molar-refractivity contribution in [1.29, 1.82) is 0 Å². The SMILES string of the molecule is [Fe+2].[O-]C(OCc1ccc(CO)o1)=C1C=CC=C1.[O-]C(OCc1ccc(CO)o1)=C1C=CC=C1. The summed E-state index contributed by atoms with van der Waals surface area (Å²) in [5.74, 6) is 1.19. The van der Waals surface area contributed by atoms with E-state index in [1.165, 1.54) is 0 Å². The van der Waals surface area contributed by atoms with E-state index in [-0.39, 0.29) is 55.4 Å². The maximum absolute atomic E-state index is 11.4. The quantitative estimate of drug-likeness (QED) is 0.421. The van der Waals surface area contributed by atoms with Crippen LogP contribution in [-0.2, 0) is 53.0 Å². The van der Waals surface area contributed by atoms with E-state index in [1.54, 1.807) is 72.9 Å². The number of hydrogen-bond donors (Lipinski definition) is 2. The molecule has 2 aromatic rings. The molecular formula is C24H22FeO8. The van der Waals surface area contributed by atoms with Gasteiger partial charge in [0.2, 0.25) is 0 Å². The second-order valence-corrected chi connectivity index (χ2v) is 6.55. The minimum Gasteiger partial charge on any atom is -0.605 e. The van der Waals surface area contributed by atoms with Crippen molar-refractivity contribution in [2.24, 2.45) is 0 Å². The molecule has 0 saturated heterocycles. The number of hydrogen-bond acceptors (Lipinski definition) is 8. The number of allylic oxidation sites excluding steroid dienone is 10. The van der Waals surface area contributed by atoms with Crippen molar-refractivity contribution in [2.75, 3.05) is 0 Å². The van der Waals surface area contributed by atoms with E-state index in [0.717, 1.165) is 0 Å². The molecule has 0 aromatic carbocycles. The van der Waals surface area contributed by atoms with Gasteiger partial charge < -0.3 is 38.7 Å². The summed E-state index contributed by atoms with van der Waals surface area (Å²) >= 11 is 0. The van der Waals surface area contributed by atoms with Crippen LogP contribution in [-0.4, -0.2) is 10.2 Å². The molecule has 0 bridgehead atoms. The van der Waals surface area contributed by atoms with Gasteiger partial charge in [0.15, 0.2) is 0 Å². The molecule has 4 rings (SSSR count). The van der Waals surface area contributed by atoms with Gasteiger partial charge >= 0.3 is 17.1 Å². The van der Waals surface area contributed by atoms with Crippen molar-refractivity contribution in [3.63, 3.8) is 0 Å². The molecule has 0 spiro atoms. The molecule has 9 heteroatoms. The Labute approximate surface area is 201 Å². The van der Waals surface area contributed by atoms with Crippen LogP contribution in [0, 0.1) is 0 Å². The zero-order valence-corrected chi connectivity index (χ0v) is 18.6. The summed E-state index contributed by atoms with van der Waals surface area (Å²) in [4.78, 5) is 0. The van der Waals surface area contributed by atoms with Crippen molar-refractivity contribution < 1.29 is 55.8 Å². The largest absolute Gasteiger partial charge is 2.00 e. The van der Waals surface area contributed by atoms with Crippen LogP contribution < -0.4 is 10.2 Å². The molecule has 0 atom stereocenters. The van der Waals surface area contributed by atoms with Gasteiger partial charge in [0.1, 0.15) is 36.3 Å². The number of aliphatic hydroxyl groups is 2. The average Bonchev–Trinajstić information content (AvgIpc) is 3.63. The van der Waals surface area contributed by atoms with Crippen LogP contribution in [0.15, 0.2) is 105 Å². The van der Waals surface area contributed by atoms with Gasteiger partial charge in [0.25, 0.3) is 0 Å². The summed E-state index contributed by atoms with van der Waals surface area (Å²) in [5, 5.41) is 40.4. The standard InChI is InChI=1S/2C12H12O4.Fe/c2*13-7-10-5-6-11(16-10)8-15-12(14)9-3-1-2-4-9;/h2*1-6,13-14H,7-8H2;/q;;+2/p-2. The second-order valence-electron chi connectivity index (χ2n) is 6.55. The molecule has 174 valence electrons. The summed E-state index contributed by atoms with van der Waals surface area (Å²) in [6.45, 7) is -0.165. The van der Waals surface area contributed by atoms with Crippen molar-refractivity contribution in [3.8, 4) is 0 Å². The van der Waals surface area contributed by atoms with E-state index >= 15 is 0 Å². The first kappa shape index (κ1) is 25.9. The Kier molecular flexibility index (Phi) is 10.4. The Morgan fingerprint density at radius 3 is 1.27 bits per heavy atom. The Bertz CT molecular complexity index is 967. The molecule has 0 radical (unpaired) electrons. The van der Waals surface area contributed by atoms with Gasteiger partial charge in [-0.05, 0) is 35.4 Å². The summed E-state index contributed by atoms with van der Waals surface area (Å²) < 4.78 is 20.4. The molecule has 2 aliphatic rings. The average molecular weight is 494 g/mol. The summed E-state index contributed by atoms with van der Waals surface area (Å²) in [7, 11) is 0. The van der Waals surface area contributed by atoms with E-state index in [0.29, 0.717) is 34.2 Å². The second kappa shape index (κ2) is 13.2. The van der Waals surface area contributed by atoms with E-state index in [9.17, 15) is 10.2 Å². The van der Waals surface area contributed by atoms with Crippen LogP contribution in [0.3, 0.4) is 0 Å². The number of furan rings is 2. The molecule has 2 heterocycles. The van der Waals surface area contributed by atoms with Gasteiger partial charge in [-0.1, -0.05) is 48.6 Å². The Morgan fingerprint density at radius 1 is 0.636 bits per heavy atom. The first-order chi connectivity index (χ1) is 15.6. The van der Waals surface area contributed by atoms with Gasteiger partial charge in [-0.2, -0.15) is 0 Å². The number of ether oxygens (including phenoxy) is 2. The zero-order chi connectivity index (χ0) is 22.8. The van der Waals surface area contributed by atoms with Crippen molar-refractivity contribution in [3.05, 3.63) is 119 Å². The number of aliphatic hydroxyl groups excluding tert-OH is 2. The fourth-order valence-corrected chi connectivity index (χ4v) is 2.63. The van der Waals surface area contributed by atoms with Gasteiger partial charge in [-0.15, -0.1) is 0 Å². The summed E-state index contributed by atoms with van der Waals surface area (Å²) in [5.41, 5.74) is 1.04. The molecule has 0 saturated carbocycles. The van der Waals surface area contributed by atoms with Crippen LogP contribution in [0.4, 0.5) is 0 Å². The molecule has 2 aliphatic carbocycles. The maximum Gasteiger partial charge on any atom is 2.00 e. The third-order valence-electron chi connectivity index (χ3n) is 4.23. The molecule has 2 aromatic heterocycles. The van der Waals surface area contributed by atoms with Gasteiger partial charge in [-0.25, -0.2) is 0 Å². The van der Waals surface area contributed by atoms with Crippen LogP contribution in [0.5, 0.6) is 0 Å². The molecule has 0 unspecified atom stereocenters. The van der Waals surface area contributed by atoms with Gasteiger partial charge in [-0.3, -0.25) is 0 Å². The Balaban J connectivity index is 0.000000227. The fraction of sp³-hybridized carbons (Fsp3) is 0.167. The van der Waals surface area contributed by atoms with Crippen LogP contribution in [0.1, 0.15) is 23.0 Å². The minimum atomic E-state index is -0.382. The molecule has 0 aliphatic heterocycles. The van der Waals surface area contributed by atoms with E-state index in [4.69, 9.17) is 28.5 Å². The molecule has 2 N–H and O–H groups in total. The van der Waals surface area contributed by atoms with Gasteiger partial charge in [0.05, 0.1) is 25.1 Å². The monoisotopic (exact) mass is 494 g/mol. The van der Waals surface area contributed by atoms with Crippen molar-refractivity contribution in [2.45, 2.75) is 26.4 Å². The molecule has 8 nitrogen and oxygen atoms in total. The molecular weight excluding hydrogens is 472 g/mol. The van der Waals surface area contributed by atoms with E-state index in [1.807, 2.05) is 0 Å². The number of rotatable bonds is 8. The van der Waals surface area contributed by atoms with Crippen molar-refractivity contribution in [1.82, 2.24) is 0 Å². The van der Waals surface area contributed by atoms with E-state index < -0.39 is 0 Å². The first-order valence-corrected chi connectivity index (χ1v) is 9.73. The van der Waals surface area contributed by atoms with Crippen LogP contribution in [0.25, 0.3) is 0 Å². The van der Waals surface area contributed by atoms with Crippen LogP contribution in [0.2, 0.25) is 0 Å². The molecule has 0 amide bonds. The zero-order valence-electron chi connectivity index (χ0n) is 17.5.